The van der Waals surface area contributed by atoms with Crippen molar-refractivity contribution < 1.29 is 27.6 Å². The fraction of sp³-hybridized carbons (Fsp3) is 0.303. The molecule has 4 aromatic rings. The fourth-order valence-corrected chi connectivity index (χ4v) is 5.16. The lowest BCUT2D eigenvalue weighted by molar-refractivity contribution is -0.120. The van der Waals surface area contributed by atoms with Gasteiger partial charge in [0.1, 0.15) is 29.7 Å². The summed E-state index contributed by atoms with van der Waals surface area (Å²) in [5.41, 5.74) is 7.64. The minimum Gasteiger partial charge on any atom is -0.366 e. The molecule has 3 N–H and O–H groups in total. The second kappa shape index (κ2) is 12.8. The first kappa shape index (κ1) is 30.7. The van der Waals surface area contributed by atoms with Crippen LogP contribution in [0.5, 0.6) is 0 Å². The molecule has 1 aliphatic carbocycles. The Morgan fingerprint density at radius 2 is 1.75 bits per heavy atom. The van der Waals surface area contributed by atoms with E-state index in [4.69, 9.17) is 5.73 Å². The highest BCUT2D eigenvalue weighted by molar-refractivity contribution is 5.95. The van der Waals surface area contributed by atoms with E-state index < -0.39 is 29.3 Å². The second-order valence-corrected chi connectivity index (χ2v) is 11.4. The van der Waals surface area contributed by atoms with E-state index in [1.807, 2.05) is 13.8 Å². The summed E-state index contributed by atoms with van der Waals surface area (Å²) in [6, 6.07) is 12.2. The van der Waals surface area contributed by atoms with Crippen LogP contribution in [0.25, 0.3) is 11.1 Å². The van der Waals surface area contributed by atoms with Crippen molar-refractivity contribution in [1.29, 1.82) is 0 Å². The number of halogens is 3. The number of carbonyl (C=O) groups excluding carboxylic acids is 3. The number of nitrogens with zero attached hydrogens (tertiary/aromatic N) is 3. The van der Waals surface area contributed by atoms with Crippen molar-refractivity contribution in [1.82, 2.24) is 20.1 Å². The van der Waals surface area contributed by atoms with Crippen molar-refractivity contribution in [3.05, 3.63) is 106 Å². The standard InChI is InChI=1S/C33H32F3N5O3/c1-18(2)29-16-30(33(44)39-24-6-7-24)41(40-29)17-25(42)13-21(10-19-11-22(34)15-23(35)12-19)31-26(4-3-9-38-31)20-5-8-28(36)27(14-20)32(37)43/h3-5,8-9,11-12,14-16,18,21,24H,6-7,10,13,17H2,1-2H3,(H2,37,43)(H,39,44)/t21-/m1/s1. The van der Waals surface area contributed by atoms with Crippen molar-refractivity contribution in [3.8, 4) is 11.1 Å². The Labute approximate surface area is 252 Å². The molecule has 44 heavy (non-hydrogen) atoms. The van der Waals surface area contributed by atoms with Gasteiger partial charge < -0.3 is 11.1 Å². The summed E-state index contributed by atoms with van der Waals surface area (Å²) in [5.74, 6) is -4.52. The van der Waals surface area contributed by atoms with Crippen LogP contribution < -0.4 is 11.1 Å². The zero-order chi connectivity index (χ0) is 31.5. The lowest BCUT2D eigenvalue weighted by Crippen LogP contribution is -2.29. The number of ketones is 1. The molecule has 0 radical (unpaired) electrons. The molecule has 5 rings (SSSR count). The van der Waals surface area contributed by atoms with Crippen LogP contribution in [0.15, 0.2) is 60.8 Å². The number of benzene rings is 2. The van der Waals surface area contributed by atoms with Gasteiger partial charge in [0, 0.05) is 36.2 Å². The van der Waals surface area contributed by atoms with E-state index >= 15 is 0 Å². The van der Waals surface area contributed by atoms with Crippen LogP contribution in [0, 0.1) is 17.5 Å². The highest BCUT2D eigenvalue weighted by Gasteiger charge is 2.28. The smallest absolute Gasteiger partial charge is 0.269 e. The average molecular weight is 604 g/mol. The van der Waals surface area contributed by atoms with E-state index in [0.29, 0.717) is 28.1 Å². The average Bonchev–Trinajstić information content (AvgIpc) is 3.67. The maximum atomic E-state index is 14.3. The topological polar surface area (TPSA) is 120 Å². The van der Waals surface area contributed by atoms with Gasteiger partial charge in [-0.2, -0.15) is 5.10 Å². The molecule has 1 atom stereocenters. The van der Waals surface area contributed by atoms with Crippen LogP contribution in [0.3, 0.4) is 0 Å². The zero-order valence-corrected chi connectivity index (χ0v) is 24.3. The van der Waals surface area contributed by atoms with Gasteiger partial charge in [-0.3, -0.25) is 24.0 Å². The summed E-state index contributed by atoms with van der Waals surface area (Å²) in [6.07, 6.45) is 3.25. The number of rotatable bonds is 12. The fourth-order valence-electron chi connectivity index (χ4n) is 5.16. The number of hydrogen-bond acceptors (Lipinski definition) is 5. The van der Waals surface area contributed by atoms with Crippen molar-refractivity contribution in [3.63, 3.8) is 0 Å². The van der Waals surface area contributed by atoms with Crippen LogP contribution in [-0.2, 0) is 17.8 Å². The minimum atomic E-state index is -0.946. The monoisotopic (exact) mass is 603 g/mol. The van der Waals surface area contributed by atoms with Gasteiger partial charge in [-0.15, -0.1) is 0 Å². The molecule has 11 heteroatoms. The molecular formula is C33H32F3N5O3. The summed E-state index contributed by atoms with van der Waals surface area (Å²) in [5, 5.41) is 7.46. The van der Waals surface area contributed by atoms with E-state index in [0.717, 1.165) is 25.0 Å². The predicted molar refractivity (Wildman–Crippen MR) is 157 cm³/mol. The molecule has 2 aromatic heterocycles. The van der Waals surface area contributed by atoms with Crippen LogP contribution in [0.1, 0.15) is 82.7 Å². The molecule has 2 amide bonds. The number of hydrogen-bond donors (Lipinski definition) is 2. The van der Waals surface area contributed by atoms with E-state index in [2.05, 4.69) is 15.4 Å². The Kier molecular flexibility index (Phi) is 8.93. The lowest BCUT2D eigenvalue weighted by atomic mass is 9.86. The molecular weight excluding hydrogens is 571 g/mol. The van der Waals surface area contributed by atoms with E-state index in [9.17, 15) is 27.6 Å². The molecule has 0 spiro atoms. The molecule has 1 saturated carbocycles. The van der Waals surface area contributed by atoms with Gasteiger partial charge in [-0.25, -0.2) is 13.2 Å². The third-order valence-corrected chi connectivity index (χ3v) is 7.51. The predicted octanol–water partition coefficient (Wildman–Crippen LogP) is 5.46. The molecule has 0 aliphatic heterocycles. The van der Waals surface area contributed by atoms with Crippen LogP contribution in [0.2, 0.25) is 0 Å². The third kappa shape index (κ3) is 7.21. The van der Waals surface area contributed by atoms with Crippen molar-refractivity contribution >= 4 is 17.6 Å². The molecule has 228 valence electrons. The van der Waals surface area contributed by atoms with E-state index in [1.54, 1.807) is 18.2 Å². The Bertz CT molecular complexity index is 1710. The van der Waals surface area contributed by atoms with Gasteiger partial charge in [-0.05, 0) is 72.7 Å². The van der Waals surface area contributed by atoms with Gasteiger partial charge in [0.2, 0.25) is 0 Å². The van der Waals surface area contributed by atoms with E-state index in [-0.39, 0.29) is 54.3 Å². The van der Waals surface area contributed by atoms with Crippen molar-refractivity contribution in [2.75, 3.05) is 0 Å². The zero-order valence-electron chi connectivity index (χ0n) is 24.3. The Morgan fingerprint density at radius 1 is 1.02 bits per heavy atom. The number of amides is 2. The normalized spacial score (nSPS) is 13.6. The Morgan fingerprint density at radius 3 is 2.41 bits per heavy atom. The van der Waals surface area contributed by atoms with Gasteiger partial charge in [0.05, 0.1) is 17.0 Å². The summed E-state index contributed by atoms with van der Waals surface area (Å²) >= 11 is 0. The highest BCUT2D eigenvalue weighted by Crippen LogP contribution is 2.33. The molecule has 0 saturated heterocycles. The van der Waals surface area contributed by atoms with Crippen molar-refractivity contribution in [2.24, 2.45) is 5.73 Å². The Balaban J connectivity index is 1.50. The molecule has 2 heterocycles. The first-order valence-electron chi connectivity index (χ1n) is 14.4. The first-order valence-corrected chi connectivity index (χ1v) is 14.4. The quantitative estimate of drug-likeness (QED) is 0.223. The van der Waals surface area contributed by atoms with Crippen LogP contribution in [-0.4, -0.2) is 38.4 Å². The first-order chi connectivity index (χ1) is 21.0. The number of carbonyl (C=O) groups is 3. The number of nitrogens with one attached hydrogen (secondary N) is 1. The number of pyridine rings is 1. The number of primary amides is 1. The highest BCUT2D eigenvalue weighted by atomic mass is 19.1. The molecule has 2 aromatic carbocycles. The van der Waals surface area contributed by atoms with Gasteiger partial charge >= 0.3 is 0 Å². The largest absolute Gasteiger partial charge is 0.366 e. The number of nitrogens with two attached hydrogens (primary N) is 1. The third-order valence-electron chi connectivity index (χ3n) is 7.51. The van der Waals surface area contributed by atoms with Crippen LogP contribution in [0.4, 0.5) is 13.2 Å². The minimum absolute atomic E-state index is 0.0199. The van der Waals surface area contributed by atoms with Gasteiger partial charge in [0.25, 0.3) is 11.8 Å². The second-order valence-electron chi connectivity index (χ2n) is 11.4. The molecule has 0 bridgehead atoms. The number of Topliss-reactive ketones (excluding diaryl/α,β-unsaturated/α-hetero) is 1. The van der Waals surface area contributed by atoms with Crippen LogP contribution >= 0.6 is 0 Å². The SMILES string of the molecule is CC(C)c1cc(C(=O)NC2CC2)n(CC(=O)C[C@@H](Cc2cc(F)cc(F)c2)c2ncccc2-c2ccc(F)c(C(N)=O)c2)n1. The maximum absolute atomic E-state index is 14.3. The summed E-state index contributed by atoms with van der Waals surface area (Å²) in [6.45, 7) is 3.67. The molecule has 1 fully saturated rings. The lowest BCUT2D eigenvalue weighted by Gasteiger charge is -2.20. The Hall–Kier alpha value is -4.80. The van der Waals surface area contributed by atoms with Gasteiger partial charge in [-0.1, -0.05) is 26.0 Å². The maximum Gasteiger partial charge on any atom is 0.269 e. The summed E-state index contributed by atoms with van der Waals surface area (Å²) in [4.78, 5) is 43.0. The molecule has 1 aliphatic rings. The van der Waals surface area contributed by atoms with E-state index in [1.165, 1.54) is 35.1 Å². The molecule has 0 unspecified atom stereocenters. The van der Waals surface area contributed by atoms with Crippen molar-refractivity contribution in [2.45, 2.75) is 64.0 Å². The summed E-state index contributed by atoms with van der Waals surface area (Å²) in [7, 11) is 0. The number of aromatic nitrogens is 3. The van der Waals surface area contributed by atoms with Gasteiger partial charge in [0.15, 0.2) is 5.78 Å². The summed E-state index contributed by atoms with van der Waals surface area (Å²) < 4.78 is 44.0. The molecule has 8 nitrogen and oxygen atoms in total.